The van der Waals surface area contributed by atoms with Crippen molar-refractivity contribution < 1.29 is 13.2 Å². The van der Waals surface area contributed by atoms with Crippen molar-refractivity contribution in [3.05, 3.63) is 52.5 Å². The molecule has 0 heterocycles. The molecule has 2 rings (SSSR count). The van der Waals surface area contributed by atoms with Gasteiger partial charge in [0.25, 0.3) is 0 Å². The van der Waals surface area contributed by atoms with Gasteiger partial charge in [-0.1, -0.05) is 28.1 Å². The Morgan fingerprint density at radius 2 is 1.83 bits per heavy atom. The van der Waals surface area contributed by atoms with Crippen molar-refractivity contribution in [2.24, 2.45) is 0 Å². The summed E-state index contributed by atoms with van der Waals surface area (Å²) in [4.78, 5) is 1.32. The number of thioether (sulfide) groups is 1. The van der Waals surface area contributed by atoms with E-state index in [1.165, 1.54) is 4.31 Å². The van der Waals surface area contributed by atoms with E-state index in [0.717, 1.165) is 10.5 Å². The SMILES string of the molecule is CCOc1ccc(Br)cc1S(=O)(=O)N(C)Cc1ccc(SC)cc1. The van der Waals surface area contributed by atoms with Crippen molar-refractivity contribution in [1.82, 2.24) is 4.31 Å². The minimum absolute atomic E-state index is 0.168. The van der Waals surface area contributed by atoms with Crippen LogP contribution in [-0.4, -0.2) is 32.6 Å². The molecule has 2 aromatic rings. The summed E-state index contributed by atoms with van der Waals surface area (Å²) >= 11 is 4.99. The molecule has 0 N–H and O–H groups in total. The molecule has 0 fully saturated rings. The highest BCUT2D eigenvalue weighted by Crippen LogP contribution is 2.30. The summed E-state index contributed by atoms with van der Waals surface area (Å²) in [6.07, 6.45) is 2.01. The average Bonchev–Trinajstić information content (AvgIpc) is 2.57. The Kier molecular flexibility index (Phi) is 6.74. The predicted molar refractivity (Wildman–Crippen MR) is 102 cm³/mol. The van der Waals surface area contributed by atoms with E-state index in [0.29, 0.717) is 23.4 Å². The summed E-state index contributed by atoms with van der Waals surface area (Å²) in [6, 6.07) is 12.9. The zero-order valence-corrected chi connectivity index (χ0v) is 17.0. The molecule has 0 unspecified atom stereocenters. The molecule has 0 aliphatic heterocycles. The molecule has 2 aromatic carbocycles. The van der Waals surface area contributed by atoms with Crippen LogP contribution in [0.3, 0.4) is 0 Å². The van der Waals surface area contributed by atoms with Crippen molar-refractivity contribution in [2.75, 3.05) is 19.9 Å². The van der Waals surface area contributed by atoms with Gasteiger partial charge < -0.3 is 4.74 Å². The molecule has 0 aromatic heterocycles. The quantitative estimate of drug-likeness (QED) is 0.612. The highest BCUT2D eigenvalue weighted by atomic mass is 79.9. The van der Waals surface area contributed by atoms with Crippen LogP contribution >= 0.6 is 27.7 Å². The molecule has 4 nitrogen and oxygen atoms in total. The maximum atomic E-state index is 12.9. The van der Waals surface area contributed by atoms with Crippen molar-refractivity contribution >= 4 is 37.7 Å². The van der Waals surface area contributed by atoms with E-state index in [9.17, 15) is 8.42 Å². The number of nitrogens with zero attached hydrogens (tertiary/aromatic N) is 1. The zero-order valence-electron chi connectivity index (χ0n) is 13.8. The van der Waals surface area contributed by atoms with Gasteiger partial charge >= 0.3 is 0 Å². The molecule has 0 saturated heterocycles. The summed E-state index contributed by atoms with van der Waals surface area (Å²) in [5.41, 5.74) is 0.937. The number of hydrogen-bond donors (Lipinski definition) is 0. The largest absolute Gasteiger partial charge is 0.492 e. The third-order valence-corrected chi connectivity index (χ3v) is 6.52. The van der Waals surface area contributed by atoms with Gasteiger partial charge in [-0.05, 0) is 49.1 Å². The Balaban J connectivity index is 2.30. The lowest BCUT2D eigenvalue weighted by Crippen LogP contribution is -2.27. The van der Waals surface area contributed by atoms with Crippen molar-refractivity contribution in [1.29, 1.82) is 0 Å². The minimum Gasteiger partial charge on any atom is -0.492 e. The Morgan fingerprint density at radius 3 is 2.42 bits per heavy atom. The van der Waals surface area contributed by atoms with Gasteiger partial charge in [0, 0.05) is 23.0 Å². The molecule has 0 bridgehead atoms. The van der Waals surface area contributed by atoms with E-state index in [1.807, 2.05) is 37.4 Å². The maximum absolute atomic E-state index is 12.9. The number of rotatable bonds is 7. The van der Waals surface area contributed by atoms with Gasteiger partial charge in [-0.25, -0.2) is 8.42 Å². The van der Waals surface area contributed by atoms with Gasteiger partial charge in [-0.15, -0.1) is 11.8 Å². The molecule has 0 atom stereocenters. The first-order chi connectivity index (χ1) is 11.4. The summed E-state index contributed by atoms with van der Waals surface area (Å²) in [6.45, 7) is 2.54. The van der Waals surface area contributed by atoms with E-state index in [-0.39, 0.29) is 4.90 Å². The Labute approximate surface area is 156 Å². The van der Waals surface area contributed by atoms with Crippen LogP contribution in [0.15, 0.2) is 56.7 Å². The van der Waals surface area contributed by atoms with E-state index in [2.05, 4.69) is 15.9 Å². The van der Waals surface area contributed by atoms with E-state index < -0.39 is 10.0 Å². The molecule has 24 heavy (non-hydrogen) atoms. The summed E-state index contributed by atoms with van der Waals surface area (Å²) in [5, 5.41) is 0. The van der Waals surface area contributed by atoms with Crippen LogP contribution < -0.4 is 4.74 Å². The van der Waals surface area contributed by atoms with Gasteiger partial charge in [0.1, 0.15) is 10.6 Å². The molecular formula is C17H20BrNO3S2. The van der Waals surface area contributed by atoms with Gasteiger partial charge in [0.2, 0.25) is 10.0 Å². The van der Waals surface area contributed by atoms with Crippen molar-refractivity contribution in [2.45, 2.75) is 23.3 Å². The van der Waals surface area contributed by atoms with Crippen molar-refractivity contribution in [3.8, 4) is 5.75 Å². The van der Waals surface area contributed by atoms with Crippen molar-refractivity contribution in [3.63, 3.8) is 0 Å². The minimum atomic E-state index is -3.66. The lowest BCUT2D eigenvalue weighted by molar-refractivity contribution is 0.329. The molecule has 0 aliphatic carbocycles. The first kappa shape index (κ1) is 19.3. The lowest BCUT2D eigenvalue weighted by Gasteiger charge is -2.19. The average molecular weight is 430 g/mol. The molecule has 0 spiro atoms. The fourth-order valence-electron chi connectivity index (χ4n) is 2.20. The van der Waals surface area contributed by atoms with Gasteiger partial charge in [-0.3, -0.25) is 0 Å². The molecule has 0 amide bonds. The second kappa shape index (κ2) is 8.38. The zero-order chi connectivity index (χ0) is 17.7. The Hall–Kier alpha value is -1.02. The number of benzene rings is 2. The van der Waals surface area contributed by atoms with Crippen LogP contribution in [0.25, 0.3) is 0 Å². The van der Waals surface area contributed by atoms with Crippen LogP contribution in [0.1, 0.15) is 12.5 Å². The van der Waals surface area contributed by atoms with Crippen LogP contribution in [0.2, 0.25) is 0 Å². The smallest absolute Gasteiger partial charge is 0.246 e. The third kappa shape index (κ3) is 4.53. The van der Waals surface area contributed by atoms with Crippen LogP contribution in [-0.2, 0) is 16.6 Å². The van der Waals surface area contributed by atoms with Gasteiger partial charge in [0.15, 0.2) is 0 Å². The van der Waals surface area contributed by atoms with Crippen LogP contribution in [0.5, 0.6) is 5.75 Å². The standard InChI is InChI=1S/C17H20BrNO3S2/c1-4-22-16-10-7-14(18)11-17(16)24(20,21)19(2)12-13-5-8-15(23-3)9-6-13/h5-11H,4,12H2,1-3H3. The Bertz CT molecular complexity index is 792. The molecule has 0 aliphatic rings. The summed E-state index contributed by atoms with van der Waals surface area (Å²) in [7, 11) is -2.08. The number of ether oxygens (including phenoxy) is 1. The van der Waals surface area contributed by atoms with E-state index in [4.69, 9.17) is 4.74 Å². The number of halogens is 1. The fraction of sp³-hybridized carbons (Fsp3) is 0.294. The molecule has 130 valence electrons. The van der Waals surface area contributed by atoms with Gasteiger partial charge in [0.05, 0.1) is 6.61 Å². The summed E-state index contributed by atoms with van der Waals surface area (Å²) < 4.78 is 33.4. The van der Waals surface area contributed by atoms with Gasteiger partial charge in [-0.2, -0.15) is 4.31 Å². The normalized spacial score (nSPS) is 11.7. The predicted octanol–water partition coefficient (Wildman–Crippen LogP) is 4.39. The monoisotopic (exact) mass is 429 g/mol. The highest BCUT2D eigenvalue weighted by Gasteiger charge is 2.25. The molecule has 0 saturated carbocycles. The van der Waals surface area contributed by atoms with E-state index in [1.54, 1.807) is 37.0 Å². The lowest BCUT2D eigenvalue weighted by atomic mass is 10.2. The number of sulfonamides is 1. The molecule has 7 heteroatoms. The summed E-state index contributed by atoms with van der Waals surface area (Å²) in [5.74, 6) is 0.366. The number of hydrogen-bond acceptors (Lipinski definition) is 4. The molecule has 0 radical (unpaired) electrons. The first-order valence-corrected chi connectivity index (χ1v) is 10.9. The first-order valence-electron chi connectivity index (χ1n) is 7.40. The third-order valence-electron chi connectivity index (χ3n) is 3.46. The fourth-order valence-corrected chi connectivity index (χ4v) is 4.43. The highest BCUT2D eigenvalue weighted by molar-refractivity contribution is 9.10. The maximum Gasteiger partial charge on any atom is 0.246 e. The van der Waals surface area contributed by atoms with Crippen LogP contribution in [0, 0.1) is 0 Å². The van der Waals surface area contributed by atoms with E-state index >= 15 is 0 Å². The van der Waals surface area contributed by atoms with Crippen LogP contribution in [0.4, 0.5) is 0 Å². The Morgan fingerprint density at radius 1 is 1.17 bits per heavy atom. The second-order valence-corrected chi connectivity index (χ2v) is 8.94. The topological polar surface area (TPSA) is 46.6 Å². The second-order valence-electron chi connectivity index (χ2n) is 5.13. The molecular weight excluding hydrogens is 410 g/mol.